The second kappa shape index (κ2) is 9.90. The molecule has 0 radical (unpaired) electrons. The minimum absolute atomic E-state index is 0.380. The average molecular weight is 390 g/mol. The number of aliphatic imine (C=N–C) groups is 1. The normalized spacial score (nSPS) is 16.8. The smallest absolute Gasteiger partial charge is 0.191 e. The Kier molecular flexibility index (Phi) is 7.29. The molecular formula is C20H31N5OS. The van der Waals surface area contributed by atoms with Crippen molar-refractivity contribution in [1.82, 2.24) is 20.7 Å². The Morgan fingerprint density at radius 3 is 2.81 bits per heavy atom. The predicted molar refractivity (Wildman–Crippen MR) is 111 cm³/mol. The lowest BCUT2D eigenvalue weighted by Crippen LogP contribution is -2.42. The highest BCUT2D eigenvalue weighted by atomic mass is 32.1. The lowest BCUT2D eigenvalue weighted by Gasteiger charge is -2.32. The zero-order valence-corrected chi connectivity index (χ0v) is 17.4. The molecule has 0 aliphatic carbocycles. The summed E-state index contributed by atoms with van der Waals surface area (Å²) in [6, 6.07) is 6.37. The summed E-state index contributed by atoms with van der Waals surface area (Å²) in [5, 5.41) is 13.0. The van der Waals surface area contributed by atoms with E-state index in [4.69, 9.17) is 4.52 Å². The summed E-state index contributed by atoms with van der Waals surface area (Å²) in [6.45, 7) is 9.22. The Morgan fingerprint density at radius 1 is 1.37 bits per heavy atom. The molecule has 0 spiro atoms. The quantitative estimate of drug-likeness (QED) is 0.561. The Bertz CT molecular complexity index is 702. The Morgan fingerprint density at radius 2 is 2.19 bits per heavy atom. The van der Waals surface area contributed by atoms with Gasteiger partial charge in [-0.1, -0.05) is 25.1 Å². The molecule has 3 rings (SSSR count). The largest absolute Gasteiger partial charge is 0.359 e. The van der Waals surface area contributed by atoms with Crippen molar-refractivity contribution in [1.29, 1.82) is 0 Å². The van der Waals surface area contributed by atoms with E-state index in [-0.39, 0.29) is 0 Å². The predicted octanol–water partition coefficient (Wildman–Crippen LogP) is 3.44. The number of thiophene rings is 1. The van der Waals surface area contributed by atoms with Gasteiger partial charge in [-0.2, -0.15) is 0 Å². The van der Waals surface area contributed by atoms with E-state index in [1.54, 1.807) is 7.05 Å². The van der Waals surface area contributed by atoms with Crippen LogP contribution in [0.3, 0.4) is 0 Å². The first kappa shape index (κ1) is 19.9. The molecule has 3 heterocycles. The van der Waals surface area contributed by atoms with E-state index in [0.29, 0.717) is 18.4 Å². The van der Waals surface area contributed by atoms with Gasteiger partial charge in [0.05, 0.1) is 12.2 Å². The van der Waals surface area contributed by atoms with Gasteiger partial charge in [-0.15, -0.1) is 11.3 Å². The van der Waals surface area contributed by atoms with E-state index in [9.17, 15) is 0 Å². The van der Waals surface area contributed by atoms with Crippen molar-refractivity contribution in [2.75, 3.05) is 26.7 Å². The van der Waals surface area contributed by atoms with Crippen LogP contribution in [0.25, 0.3) is 0 Å². The van der Waals surface area contributed by atoms with Crippen molar-refractivity contribution in [2.24, 2.45) is 10.9 Å². The monoisotopic (exact) mass is 389 g/mol. The first-order chi connectivity index (χ1) is 13.1. The highest BCUT2D eigenvalue weighted by Gasteiger charge is 2.19. The number of likely N-dealkylation sites (tertiary alicyclic amines) is 1. The number of aromatic nitrogens is 1. The van der Waals surface area contributed by atoms with Gasteiger partial charge in [-0.3, -0.25) is 9.89 Å². The van der Waals surface area contributed by atoms with Crippen LogP contribution in [0, 0.1) is 5.92 Å². The van der Waals surface area contributed by atoms with Crippen LogP contribution in [0.15, 0.2) is 33.1 Å². The van der Waals surface area contributed by atoms with Crippen molar-refractivity contribution < 1.29 is 4.52 Å². The molecule has 0 saturated carbocycles. The fourth-order valence-corrected chi connectivity index (χ4v) is 4.03. The first-order valence-electron chi connectivity index (χ1n) is 9.78. The molecule has 2 N–H and O–H groups in total. The topological polar surface area (TPSA) is 65.7 Å². The molecule has 1 fully saturated rings. The van der Waals surface area contributed by atoms with E-state index < -0.39 is 0 Å². The minimum Gasteiger partial charge on any atom is -0.359 e. The third-order valence-electron chi connectivity index (χ3n) is 5.05. The van der Waals surface area contributed by atoms with Gasteiger partial charge in [0.25, 0.3) is 0 Å². The molecule has 1 aliphatic rings. The first-order valence-corrected chi connectivity index (χ1v) is 10.7. The lowest BCUT2D eigenvalue weighted by atomic mass is 9.97. The fraction of sp³-hybridized carbons (Fsp3) is 0.600. The van der Waals surface area contributed by atoms with Crippen LogP contribution >= 0.6 is 11.3 Å². The van der Waals surface area contributed by atoms with Crippen LogP contribution in [0.5, 0.6) is 0 Å². The van der Waals surface area contributed by atoms with Crippen LogP contribution in [0.1, 0.15) is 48.9 Å². The maximum Gasteiger partial charge on any atom is 0.191 e. The minimum atomic E-state index is 0.380. The molecule has 0 amide bonds. The molecule has 27 heavy (non-hydrogen) atoms. The van der Waals surface area contributed by atoms with Crippen LogP contribution in [-0.4, -0.2) is 42.7 Å². The SMILES string of the molecule is CN=C(NCc1cc(C(C)C)no1)NCC1CCN(Cc2cccs2)CC1. The number of hydrogen-bond acceptors (Lipinski definition) is 5. The summed E-state index contributed by atoms with van der Waals surface area (Å²) in [5.41, 5.74) is 0.990. The summed E-state index contributed by atoms with van der Waals surface area (Å²) < 4.78 is 5.37. The maximum atomic E-state index is 5.37. The summed E-state index contributed by atoms with van der Waals surface area (Å²) in [7, 11) is 1.80. The Hall–Kier alpha value is -1.86. The van der Waals surface area contributed by atoms with Gasteiger partial charge in [0.2, 0.25) is 0 Å². The van der Waals surface area contributed by atoms with Gasteiger partial charge >= 0.3 is 0 Å². The molecule has 2 aromatic rings. The molecule has 0 atom stereocenters. The highest BCUT2D eigenvalue weighted by molar-refractivity contribution is 7.09. The van der Waals surface area contributed by atoms with E-state index in [1.807, 2.05) is 17.4 Å². The Balaban J connectivity index is 1.36. The molecule has 7 heteroatoms. The third-order valence-corrected chi connectivity index (χ3v) is 5.91. The van der Waals surface area contributed by atoms with Crippen LogP contribution in [0.2, 0.25) is 0 Å². The number of guanidine groups is 1. The molecular weight excluding hydrogens is 358 g/mol. The van der Waals surface area contributed by atoms with Gasteiger partial charge < -0.3 is 15.2 Å². The maximum absolute atomic E-state index is 5.37. The summed E-state index contributed by atoms with van der Waals surface area (Å²) in [5.74, 6) is 2.73. The zero-order chi connectivity index (χ0) is 19.1. The van der Waals surface area contributed by atoms with Crippen molar-refractivity contribution in [3.63, 3.8) is 0 Å². The lowest BCUT2D eigenvalue weighted by molar-refractivity contribution is 0.179. The van der Waals surface area contributed by atoms with Gasteiger partial charge in [-0.05, 0) is 49.2 Å². The van der Waals surface area contributed by atoms with Crippen molar-refractivity contribution in [2.45, 2.75) is 45.7 Å². The van der Waals surface area contributed by atoms with Crippen LogP contribution in [-0.2, 0) is 13.1 Å². The fourth-order valence-electron chi connectivity index (χ4n) is 3.29. The Labute approximate surface area is 166 Å². The highest BCUT2D eigenvalue weighted by Crippen LogP contribution is 2.20. The van der Waals surface area contributed by atoms with Crippen molar-refractivity contribution >= 4 is 17.3 Å². The van der Waals surface area contributed by atoms with Gasteiger partial charge in [0.1, 0.15) is 0 Å². The number of piperidine rings is 1. The van der Waals surface area contributed by atoms with E-state index in [1.165, 1.54) is 30.8 Å². The van der Waals surface area contributed by atoms with Gasteiger partial charge in [0, 0.05) is 31.1 Å². The second-order valence-corrected chi connectivity index (χ2v) is 8.51. The van der Waals surface area contributed by atoms with E-state index >= 15 is 0 Å². The zero-order valence-electron chi connectivity index (χ0n) is 16.6. The molecule has 0 bridgehead atoms. The summed E-state index contributed by atoms with van der Waals surface area (Å²) >= 11 is 1.85. The average Bonchev–Trinajstić information content (AvgIpc) is 3.35. The number of nitrogens with one attached hydrogen (secondary N) is 2. The van der Waals surface area contributed by atoms with E-state index in [0.717, 1.165) is 30.5 Å². The van der Waals surface area contributed by atoms with E-state index in [2.05, 4.69) is 57.0 Å². The standard InChI is InChI=1S/C20H31N5OS/c1-15(2)19-11-17(26-24-19)13-23-20(21-3)22-12-16-6-8-25(9-7-16)14-18-5-4-10-27-18/h4-5,10-11,15-16H,6-9,12-14H2,1-3H3,(H2,21,22,23). The molecule has 0 unspecified atom stereocenters. The molecule has 1 saturated heterocycles. The summed E-state index contributed by atoms with van der Waals surface area (Å²) in [4.78, 5) is 8.34. The number of nitrogens with zero attached hydrogens (tertiary/aromatic N) is 3. The molecule has 6 nitrogen and oxygen atoms in total. The van der Waals surface area contributed by atoms with Crippen LogP contribution < -0.4 is 10.6 Å². The molecule has 0 aromatic carbocycles. The van der Waals surface area contributed by atoms with Gasteiger partial charge in [0.15, 0.2) is 11.7 Å². The second-order valence-electron chi connectivity index (χ2n) is 7.48. The molecule has 148 valence electrons. The summed E-state index contributed by atoms with van der Waals surface area (Å²) in [6.07, 6.45) is 2.46. The van der Waals surface area contributed by atoms with Crippen molar-refractivity contribution in [3.05, 3.63) is 39.9 Å². The number of hydrogen-bond donors (Lipinski definition) is 2. The molecule has 2 aromatic heterocycles. The number of rotatable bonds is 7. The van der Waals surface area contributed by atoms with Crippen LogP contribution in [0.4, 0.5) is 0 Å². The molecule has 1 aliphatic heterocycles. The van der Waals surface area contributed by atoms with Gasteiger partial charge in [-0.25, -0.2) is 0 Å². The van der Waals surface area contributed by atoms with Crippen molar-refractivity contribution in [3.8, 4) is 0 Å². The third kappa shape index (κ3) is 6.07.